The molecule has 6 nitrogen and oxygen atoms in total. The van der Waals surface area contributed by atoms with Gasteiger partial charge in [-0.15, -0.1) is 0 Å². The highest BCUT2D eigenvalue weighted by Crippen LogP contribution is 2.27. The van der Waals surface area contributed by atoms with Crippen LogP contribution in [-0.2, 0) is 0 Å². The van der Waals surface area contributed by atoms with E-state index in [2.05, 4.69) is 10.1 Å². The van der Waals surface area contributed by atoms with E-state index in [9.17, 15) is 9.18 Å². The minimum Gasteiger partial charge on any atom is -0.478 e. The molecule has 2 aromatic heterocycles. The third kappa shape index (κ3) is 2.40. The molecule has 0 fully saturated rings. The molecule has 0 unspecified atom stereocenters. The maximum Gasteiger partial charge on any atom is 0.339 e. The van der Waals surface area contributed by atoms with Gasteiger partial charge < -0.3 is 9.84 Å². The molecule has 106 valence electrons. The summed E-state index contributed by atoms with van der Waals surface area (Å²) in [6.07, 6.45) is 3.14. The second-order valence-electron chi connectivity index (χ2n) is 4.40. The summed E-state index contributed by atoms with van der Waals surface area (Å²) in [6, 6.07) is 5.04. The normalized spacial score (nSPS) is 10.8. The fourth-order valence-corrected chi connectivity index (χ4v) is 1.96. The Hall–Kier alpha value is -2.96. The van der Waals surface area contributed by atoms with Gasteiger partial charge in [0, 0.05) is 12.4 Å². The van der Waals surface area contributed by atoms with Crippen LogP contribution in [-0.4, -0.2) is 25.7 Å². The summed E-state index contributed by atoms with van der Waals surface area (Å²) >= 11 is 0. The Morgan fingerprint density at radius 1 is 1.38 bits per heavy atom. The van der Waals surface area contributed by atoms with Crippen LogP contribution in [0.25, 0.3) is 5.52 Å². The van der Waals surface area contributed by atoms with Gasteiger partial charge in [-0.2, -0.15) is 5.10 Å². The van der Waals surface area contributed by atoms with E-state index >= 15 is 0 Å². The van der Waals surface area contributed by atoms with Gasteiger partial charge in [0.1, 0.15) is 22.6 Å². The average Bonchev–Trinajstić information content (AvgIpc) is 2.82. The Bertz CT molecular complexity index is 845. The lowest BCUT2D eigenvalue weighted by Gasteiger charge is -2.08. The summed E-state index contributed by atoms with van der Waals surface area (Å²) in [7, 11) is 0. The number of hydrogen-bond donors (Lipinski definition) is 1. The van der Waals surface area contributed by atoms with Gasteiger partial charge in [-0.3, -0.25) is 0 Å². The lowest BCUT2D eigenvalue weighted by atomic mass is 10.2. The molecule has 1 N–H and O–H groups in total. The molecule has 0 aliphatic carbocycles. The van der Waals surface area contributed by atoms with Crippen LogP contribution in [0.2, 0.25) is 0 Å². The molecule has 21 heavy (non-hydrogen) atoms. The van der Waals surface area contributed by atoms with E-state index in [0.717, 1.165) is 17.8 Å². The fourth-order valence-electron chi connectivity index (χ4n) is 1.96. The number of halogens is 1. The Labute approximate surface area is 118 Å². The number of carboxylic acids is 1. The lowest BCUT2D eigenvalue weighted by molar-refractivity contribution is 0.0693. The van der Waals surface area contributed by atoms with Crippen molar-refractivity contribution in [2.75, 3.05) is 0 Å². The van der Waals surface area contributed by atoms with E-state index in [1.165, 1.54) is 12.3 Å². The molecule has 0 aliphatic heterocycles. The van der Waals surface area contributed by atoms with Gasteiger partial charge in [-0.25, -0.2) is 18.7 Å². The molecule has 0 amide bonds. The summed E-state index contributed by atoms with van der Waals surface area (Å²) in [6.45, 7) is 1.82. The van der Waals surface area contributed by atoms with E-state index in [1.807, 2.05) is 6.92 Å². The SMILES string of the molecule is Cc1cc2c(Oc3ccc(F)cc3C(=O)O)nccn2n1. The molecule has 0 saturated carbocycles. The summed E-state index contributed by atoms with van der Waals surface area (Å²) in [4.78, 5) is 15.2. The molecule has 0 saturated heterocycles. The zero-order valence-electron chi connectivity index (χ0n) is 10.9. The topological polar surface area (TPSA) is 76.7 Å². The van der Waals surface area contributed by atoms with E-state index in [0.29, 0.717) is 5.52 Å². The number of nitrogens with zero attached hydrogens (tertiary/aromatic N) is 3. The van der Waals surface area contributed by atoms with Crippen molar-refractivity contribution in [3.8, 4) is 11.6 Å². The van der Waals surface area contributed by atoms with E-state index < -0.39 is 11.8 Å². The molecule has 3 rings (SSSR count). The Kier molecular flexibility index (Phi) is 3.02. The van der Waals surface area contributed by atoms with Crippen molar-refractivity contribution in [1.29, 1.82) is 0 Å². The first-order valence-electron chi connectivity index (χ1n) is 6.06. The van der Waals surface area contributed by atoms with Crippen LogP contribution in [0.3, 0.4) is 0 Å². The van der Waals surface area contributed by atoms with E-state index in [1.54, 1.807) is 16.8 Å². The molecular formula is C14H10FN3O3. The number of rotatable bonds is 3. The number of hydrogen-bond acceptors (Lipinski definition) is 4. The number of fused-ring (bicyclic) bond motifs is 1. The molecule has 2 heterocycles. The van der Waals surface area contributed by atoms with Gasteiger partial charge in [0.15, 0.2) is 0 Å². The van der Waals surface area contributed by atoms with Crippen LogP contribution >= 0.6 is 0 Å². The predicted octanol–water partition coefficient (Wildman–Crippen LogP) is 2.67. The maximum absolute atomic E-state index is 13.2. The maximum atomic E-state index is 13.2. The smallest absolute Gasteiger partial charge is 0.339 e. The largest absolute Gasteiger partial charge is 0.478 e. The van der Waals surface area contributed by atoms with Crippen molar-refractivity contribution in [2.24, 2.45) is 0 Å². The minimum atomic E-state index is -1.28. The Morgan fingerprint density at radius 2 is 2.19 bits per heavy atom. The number of carboxylic acid groups (broad SMARTS) is 1. The van der Waals surface area contributed by atoms with Gasteiger partial charge in [0.2, 0.25) is 5.88 Å². The molecular weight excluding hydrogens is 277 g/mol. The third-order valence-corrected chi connectivity index (χ3v) is 2.86. The first-order valence-corrected chi connectivity index (χ1v) is 6.06. The predicted molar refractivity (Wildman–Crippen MR) is 71.2 cm³/mol. The summed E-state index contributed by atoms with van der Waals surface area (Å²) in [5.41, 5.74) is 1.09. The van der Waals surface area contributed by atoms with Crippen molar-refractivity contribution in [3.63, 3.8) is 0 Å². The van der Waals surface area contributed by atoms with Crippen molar-refractivity contribution in [3.05, 3.63) is 53.7 Å². The molecule has 3 aromatic rings. The number of carbonyl (C=O) groups is 1. The minimum absolute atomic E-state index is 0.0170. The first kappa shape index (κ1) is 13.0. The zero-order valence-corrected chi connectivity index (χ0v) is 10.9. The molecule has 0 radical (unpaired) electrons. The van der Waals surface area contributed by atoms with E-state index in [4.69, 9.17) is 9.84 Å². The van der Waals surface area contributed by atoms with Crippen molar-refractivity contribution >= 4 is 11.5 Å². The van der Waals surface area contributed by atoms with Gasteiger partial charge in [0.25, 0.3) is 0 Å². The quantitative estimate of drug-likeness (QED) is 0.801. The average molecular weight is 287 g/mol. The Balaban J connectivity index is 2.08. The first-order chi connectivity index (χ1) is 10.0. The zero-order chi connectivity index (χ0) is 15.0. The van der Waals surface area contributed by atoms with Gasteiger partial charge in [0.05, 0.1) is 5.69 Å². The second-order valence-corrected chi connectivity index (χ2v) is 4.40. The van der Waals surface area contributed by atoms with Gasteiger partial charge in [-0.1, -0.05) is 0 Å². The number of aromatic carboxylic acids is 1. The van der Waals surface area contributed by atoms with Crippen LogP contribution in [0.1, 0.15) is 16.1 Å². The van der Waals surface area contributed by atoms with Gasteiger partial charge in [-0.05, 0) is 31.2 Å². The lowest BCUT2D eigenvalue weighted by Crippen LogP contribution is -2.02. The number of aromatic nitrogens is 3. The summed E-state index contributed by atoms with van der Waals surface area (Å²) in [5.74, 6) is -1.71. The van der Waals surface area contributed by atoms with Gasteiger partial charge >= 0.3 is 5.97 Å². The van der Waals surface area contributed by atoms with Crippen molar-refractivity contribution in [2.45, 2.75) is 6.92 Å². The van der Waals surface area contributed by atoms with Crippen molar-refractivity contribution < 1.29 is 19.0 Å². The number of benzene rings is 1. The van der Waals surface area contributed by atoms with Crippen LogP contribution in [0, 0.1) is 12.7 Å². The molecule has 0 atom stereocenters. The standard InChI is InChI=1S/C14H10FN3O3/c1-8-6-11-13(16-4-5-18(11)17-8)21-12-3-2-9(15)7-10(12)14(19)20/h2-7H,1H3,(H,19,20). The highest BCUT2D eigenvalue weighted by atomic mass is 19.1. The summed E-state index contributed by atoms with van der Waals surface area (Å²) in [5, 5.41) is 13.3. The number of ether oxygens (including phenoxy) is 1. The third-order valence-electron chi connectivity index (χ3n) is 2.86. The van der Waals surface area contributed by atoms with Crippen LogP contribution in [0.4, 0.5) is 4.39 Å². The second kappa shape index (κ2) is 4.86. The van der Waals surface area contributed by atoms with E-state index in [-0.39, 0.29) is 17.2 Å². The number of aryl methyl sites for hydroxylation is 1. The van der Waals surface area contributed by atoms with Crippen LogP contribution in [0.5, 0.6) is 11.6 Å². The summed E-state index contributed by atoms with van der Waals surface area (Å²) < 4.78 is 20.3. The molecule has 1 aromatic carbocycles. The Morgan fingerprint density at radius 3 is 2.95 bits per heavy atom. The molecule has 0 aliphatic rings. The van der Waals surface area contributed by atoms with Crippen LogP contribution in [0.15, 0.2) is 36.7 Å². The fraction of sp³-hybridized carbons (Fsp3) is 0.0714. The molecule has 0 bridgehead atoms. The monoisotopic (exact) mass is 287 g/mol. The van der Waals surface area contributed by atoms with Crippen LogP contribution < -0.4 is 4.74 Å². The highest BCUT2D eigenvalue weighted by Gasteiger charge is 2.15. The van der Waals surface area contributed by atoms with Crippen molar-refractivity contribution in [1.82, 2.24) is 14.6 Å². The highest BCUT2D eigenvalue weighted by molar-refractivity contribution is 5.91. The molecule has 7 heteroatoms. The molecule has 0 spiro atoms.